The van der Waals surface area contributed by atoms with Crippen LogP contribution in [0.3, 0.4) is 0 Å². The first-order chi connectivity index (χ1) is 5.86. The zero-order chi connectivity index (χ0) is 8.81. The highest BCUT2D eigenvalue weighted by atomic mass is 19.1. The molecule has 0 aliphatic heterocycles. The third-order valence-electron chi connectivity index (χ3n) is 2.78. The summed E-state index contributed by atoms with van der Waals surface area (Å²) >= 11 is 0. The zero-order valence-electron chi connectivity index (χ0n) is 7.38. The van der Waals surface area contributed by atoms with Gasteiger partial charge in [-0.1, -0.05) is 6.08 Å². The van der Waals surface area contributed by atoms with Crippen molar-refractivity contribution >= 4 is 0 Å². The van der Waals surface area contributed by atoms with Crippen molar-refractivity contribution in [2.75, 3.05) is 6.61 Å². The number of aliphatic hydroxyl groups excluding tert-OH is 1. The molecule has 0 bridgehead atoms. The van der Waals surface area contributed by atoms with Crippen LogP contribution in [0.4, 0.5) is 4.39 Å². The highest BCUT2D eigenvalue weighted by Crippen LogP contribution is 2.30. The standard InChI is InChI=1S/C10H17FO/c11-7-1-2-9-3-5-10(8-12)6-4-9/h1,7,9-10,12H,2-6,8H2/b7-1+/t9-,10+. The van der Waals surface area contributed by atoms with E-state index in [1.54, 1.807) is 6.08 Å². The van der Waals surface area contributed by atoms with Crippen LogP contribution in [-0.2, 0) is 0 Å². The molecule has 70 valence electrons. The topological polar surface area (TPSA) is 20.2 Å². The lowest BCUT2D eigenvalue weighted by Gasteiger charge is -2.26. The fourth-order valence-corrected chi connectivity index (χ4v) is 1.89. The highest BCUT2D eigenvalue weighted by Gasteiger charge is 2.19. The van der Waals surface area contributed by atoms with E-state index in [2.05, 4.69) is 0 Å². The third kappa shape index (κ3) is 2.94. The predicted octanol–water partition coefficient (Wildman–Crippen LogP) is 2.66. The number of aliphatic hydroxyl groups is 1. The summed E-state index contributed by atoms with van der Waals surface area (Å²) in [6.45, 7) is 0.325. The van der Waals surface area contributed by atoms with Gasteiger partial charge >= 0.3 is 0 Å². The number of rotatable bonds is 3. The first-order valence-corrected chi connectivity index (χ1v) is 4.73. The SMILES string of the molecule is OC[C@H]1CC[C@@H](C/C=C/F)CC1. The Labute approximate surface area is 73.3 Å². The van der Waals surface area contributed by atoms with Crippen LogP contribution < -0.4 is 0 Å². The first kappa shape index (κ1) is 9.72. The second kappa shape index (κ2) is 5.31. The Balaban J connectivity index is 2.17. The second-order valence-electron chi connectivity index (χ2n) is 3.67. The second-order valence-corrected chi connectivity index (χ2v) is 3.67. The van der Waals surface area contributed by atoms with E-state index in [1.807, 2.05) is 0 Å². The van der Waals surface area contributed by atoms with Gasteiger partial charge in [-0.05, 0) is 43.9 Å². The summed E-state index contributed by atoms with van der Waals surface area (Å²) < 4.78 is 11.7. The van der Waals surface area contributed by atoms with Gasteiger partial charge in [0.2, 0.25) is 0 Å². The Morgan fingerprint density at radius 2 is 1.75 bits per heavy atom. The van der Waals surface area contributed by atoms with E-state index in [1.165, 1.54) is 0 Å². The molecular weight excluding hydrogens is 155 g/mol. The van der Waals surface area contributed by atoms with Crippen molar-refractivity contribution in [2.45, 2.75) is 32.1 Å². The molecule has 0 aromatic heterocycles. The summed E-state index contributed by atoms with van der Waals surface area (Å²) in [7, 11) is 0. The largest absolute Gasteiger partial charge is 0.396 e. The summed E-state index contributed by atoms with van der Waals surface area (Å²) in [5, 5.41) is 8.88. The van der Waals surface area contributed by atoms with Crippen LogP contribution in [0.25, 0.3) is 0 Å². The minimum Gasteiger partial charge on any atom is -0.396 e. The Bertz CT molecular complexity index is 137. The van der Waals surface area contributed by atoms with E-state index in [0.29, 0.717) is 24.8 Å². The molecule has 2 heteroatoms. The van der Waals surface area contributed by atoms with Crippen LogP contribution in [0, 0.1) is 11.8 Å². The van der Waals surface area contributed by atoms with Crippen LogP contribution in [0.5, 0.6) is 0 Å². The van der Waals surface area contributed by atoms with E-state index in [-0.39, 0.29) is 0 Å². The molecule has 0 spiro atoms. The van der Waals surface area contributed by atoms with Crippen molar-refractivity contribution in [1.82, 2.24) is 0 Å². The molecule has 12 heavy (non-hydrogen) atoms. The lowest BCUT2D eigenvalue weighted by molar-refractivity contribution is 0.168. The average molecular weight is 172 g/mol. The maximum Gasteiger partial charge on any atom is 0.0827 e. The molecular formula is C10H17FO. The number of allylic oxidation sites excluding steroid dienone is 1. The first-order valence-electron chi connectivity index (χ1n) is 4.73. The summed E-state index contributed by atoms with van der Waals surface area (Å²) in [6, 6.07) is 0. The van der Waals surface area contributed by atoms with Gasteiger partial charge in [0.1, 0.15) is 0 Å². The molecule has 0 aromatic rings. The van der Waals surface area contributed by atoms with E-state index >= 15 is 0 Å². The van der Waals surface area contributed by atoms with Crippen LogP contribution in [0.2, 0.25) is 0 Å². The van der Waals surface area contributed by atoms with E-state index in [9.17, 15) is 4.39 Å². The molecule has 1 fully saturated rings. The maximum absolute atomic E-state index is 11.7. The zero-order valence-corrected chi connectivity index (χ0v) is 7.38. The lowest BCUT2D eigenvalue weighted by atomic mass is 9.81. The predicted molar refractivity (Wildman–Crippen MR) is 47.4 cm³/mol. The summed E-state index contributed by atoms with van der Waals surface area (Å²) in [5.74, 6) is 1.16. The quantitative estimate of drug-likeness (QED) is 0.694. The molecule has 0 atom stereocenters. The van der Waals surface area contributed by atoms with Crippen LogP contribution in [0.1, 0.15) is 32.1 Å². The van der Waals surface area contributed by atoms with Gasteiger partial charge in [0.15, 0.2) is 0 Å². The van der Waals surface area contributed by atoms with Crippen molar-refractivity contribution in [3.8, 4) is 0 Å². The van der Waals surface area contributed by atoms with Gasteiger partial charge in [-0.2, -0.15) is 0 Å². The smallest absolute Gasteiger partial charge is 0.0827 e. The fourth-order valence-electron chi connectivity index (χ4n) is 1.89. The van der Waals surface area contributed by atoms with Gasteiger partial charge in [0.05, 0.1) is 6.33 Å². The van der Waals surface area contributed by atoms with E-state index in [0.717, 1.165) is 32.1 Å². The summed E-state index contributed by atoms with van der Waals surface area (Å²) in [6.07, 6.45) is 7.63. The third-order valence-corrected chi connectivity index (χ3v) is 2.78. The van der Waals surface area contributed by atoms with Crippen molar-refractivity contribution in [3.05, 3.63) is 12.4 Å². The summed E-state index contributed by atoms with van der Waals surface area (Å²) in [5.41, 5.74) is 0. The van der Waals surface area contributed by atoms with Crippen molar-refractivity contribution < 1.29 is 9.50 Å². The number of hydrogen-bond donors (Lipinski definition) is 1. The molecule has 0 radical (unpaired) electrons. The van der Waals surface area contributed by atoms with Gasteiger partial charge in [-0.25, -0.2) is 4.39 Å². The van der Waals surface area contributed by atoms with Gasteiger partial charge in [-0.3, -0.25) is 0 Å². The normalized spacial score (nSPS) is 31.2. The molecule has 1 aliphatic rings. The molecule has 1 rings (SSSR count). The van der Waals surface area contributed by atoms with Crippen LogP contribution in [-0.4, -0.2) is 11.7 Å². The van der Waals surface area contributed by atoms with Crippen molar-refractivity contribution in [3.63, 3.8) is 0 Å². The molecule has 0 aromatic carbocycles. The minimum atomic E-state index is 0.325. The fraction of sp³-hybridized carbons (Fsp3) is 0.800. The summed E-state index contributed by atoms with van der Waals surface area (Å²) in [4.78, 5) is 0. The van der Waals surface area contributed by atoms with Crippen molar-refractivity contribution in [2.24, 2.45) is 11.8 Å². The van der Waals surface area contributed by atoms with Gasteiger partial charge < -0.3 is 5.11 Å². The molecule has 0 amide bonds. The van der Waals surface area contributed by atoms with Crippen LogP contribution in [0.15, 0.2) is 12.4 Å². The number of halogens is 1. The molecule has 1 saturated carbocycles. The van der Waals surface area contributed by atoms with Gasteiger partial charge in [-0.15, -0.1) is 0 Å². The van der Waals surface area contributed by atoms with E-state index in [4.69, 9.17) is 5.11 Å². The molecule has 1 aliphatic carbocycles. The maximum atomic E-state index is 11.7. The van der Waals surface area contributed by atoms with Crippen LogP contribution >= 0.6 is 0 Å². The Kier molecular flexibility index (Phi) is 4.30. The molecule has 0 saturated heterocycles. The average Bonchev–Trinajstić information content (AvgIpc) is 2.15. The van der Waals surface area contributed by atoms with Gasteiger partial charge in [0, 0.05) is 6.61 Å². The molecule has 0 heterocycles. The molecule has 1 N–H and O–H groups in total. The Morgan fingerprint density at radius 1 is 1.17 bits per heavy atom. The monoisotopic (exact) mass is 172 g/mol. The van der Waals surface area contributed by atoms with Gasteiger partial charge in [0.25, 0.3) is 0 Å². The van der Waals surface area contributed by atoms with Crippen molar-refractivity contribution in [1.29, 1.82) is 0 Å². The highest BCUT2D eigenvalue weighted by molar-refractivity contribution is 4.80. The Morgan fingerprint density at radius 3 is 2.25 bits per heavy atom. The van der Waals surface area contributed by atoms with E-state index < -0.39 is 0 Å². The molecule has 1 nitrogen and oxygen atoms in total. The number of hydrogen-bond acceptors (Lipinski definition) is 1. The Hall–Kier alpha value is -0.370. The minimum absolute atomic E-state index is 0.325. The molecule has 0 unspecified atom stereocenters. The lowest BCUT2D eigenvalue weighted by Crippen LogP contribution is -2.16.